The van der Waals surface area contributed by atoms with E-state index in [4.69, 9.17) is 0 Å². The van der Waals surface area contributed by atoms with E-state index < -0.39 is 0 Å². The summed E-state index contributed by atoms with van der Waals surface area (Å²) >= 11 is 1.32. The number of thiazole rings is 1. The van der Waals surface area contributed by atoms with Gasteiger partial charge in [0.05, 0.1) is 10.4 Å². The SMILES string of the molecule is Cc1cc(C(=O)N(CCCN(C)C)c2nc3c(F)cccc3s2)n(C)n1.Cl. The number of carbonyl (C=O) groups is 1. The highest BCUT2D eigenvalue weighted by atomic mass is 35.5. The quantitative estimate of drug-likeness (QED) is 0.623. The summed E-state index contributed by atoms with van der Waals surface area (Å²) in [5, 5.41) is 4.76. The molecule has 0 atom stereocenters. The molecule has 0 aliphatic rings. The van der Waals surface area contributed by atoms with Gasteiger partial charge in [-0.15, -0.1) is 12.4 Å². The number of anilines is 1. The van der Waals surface area contributed by atoms with E-state index in [0.29, 0.717) is 22.9 Å². The Morgan fingerprint density at radius 1 is 1.30 bits per heavy atom. The van der Waals surface area contributed by atoms with E-state index in [1.54, 1.807) is 28.8 Å². The number of rotatable bonds is 6. The van der Waals surface area contributed by atoms with Gasteiger partial charge in [-0.25, -0.2) is 9.37 Å². The number of halogens is 2. The van der Waals surface area contributed by atoms with Gasteiger partial charge in [0.15, 0.2) is 5.13 Å². The highest BCUT2D eigenvalue weighted by Gasteiger charge is 2.24. The molecule has 1 aromatic carbocycles. The van der Waals surface area contributed by atoms with Crippen molar-refractivity contribution < 1.29 is 9.18 Å². The molecule has 3 rings (SSSR count). The highest BCUT2D eigenvalue weighted by Crippen LogP contribution is 2.31. The van der Waals surface area contributed by atoms with E-state index in [1.165, 1.54) is 17.4 Å². The van der Waals surface area contributed by atoms with Crippen LogP contribution in [0.4, 0.5) is 9.52 Å². The Kier molecular flexibility index (Phi) is 6.91. The van der Waals surface area contributed by atoms with Crippen molar-refractivity contribution in [3.63, 3.8) is 0 Å². The number of fused-ring (bicyclic) bond motifs is 1. The average molecular weight is 412 g/mol. The second-order valence-electron chi connectivity index (χ2n) is 6.49. The van der Waals surface area contributed by atoms with Gasteiger partial charge in [-0.2, -0.15) is 5.10 Å². The molecular formula is C18H23ClFN5OS. The first kappa shape index (κ1) is 21.3. The second kappa shape index (κ2) is 8.77. The van der Waals surface area contributed by atoms with Gasteiger partial charge in [0.1, 0.15) is 17.0 Å². The zero-order valence-electron chi connectivity index (χ0n) is 15.8. The highest BCUT2D eigenvalue weighted by molar-refractivity contribution is 7.22. The third-order valence-electron chi connectivity index (χ3n) is 4.04. The van der Waals surface area contributed by atoms with Crippen molar-refractivity contribution in [1.29, 1.82) is 0 Å². The van der Waals surface area contributed by atoms with E-state index in [0.717, 1.165) is 23.4 Å². The van der Waals surface area contributed by atoms with Crippen LogP contribution in [-0.4, -0.2) is 52.8 Å². The van der Waals surface area contributed by atoms with Crippen molar-refractivity contribution in [1.82, 2.24) is 19.7 Å². The van der Waals surface area contributed by atoms with Crippen molar-refractivity contribution in [2.45, 2.75) is 13.3 Å². The third-order valence-corrected chi connectivity index (χ3v) is 5.09. The van der Waals surface area contributed by atoms with Crippen molar-refractivity contribution in [3.05, 3.63) is 41.5 Å². The Bertz CT molecular complexity index is 939. The molecular weight excluding hydrogens is 389 g/mol. The number of aryl methyl sites for hydroxylation is 2. The van der Waals surface area contributed by atoms with Gasteiger partial charge in [0, 0.05) is 13.6 Å². The summed E-state index contributed by atoms with van der Waals surface area (Å²) in [6.07, 6.45) is 0.786. The Morgan fingerprint density at radius 3 is 2.63 bits per heavy atom. The van der Waals surface area contributed by atoms with E-state index >= 15 is 0 Å². The van der Waals surface area contributed by atoms with Crippen LogP contribution in [0.25, 0.3) is 10.2 Å². The maximum atomic E-state index is 14.0. The van der Waals surface area contributed by atoms with Crippen LogP contribution in [-0.2, 0) is 7.05 Å². The number of hydrogen-bond donors (Lipinski definition) is 0. The summed E-state index contributed by atoms with van der Waals surface area (Å²) in [5.74, 6) is -0.548. The lowest BCUT2D eigenvalue weighted by atomic mass is 10.3. The molecule has 146 valence electrons. The van der Waals surface area contributed by atoms with Gasteiger partial charge in [0.2, 0.25) is 0 Å². The summed E-state index contributed by atoms with van der Waals surface area (Å²) in [7, 11) is 5.73. The fraction of sp³-hybridized carbons (Fsp3) is 0.389. The molecule has 27 heavy (non-hydrogen) atoms. The van der Waals surface area contributed by atoms with Crippen LogP contribution in [0, 0.1) is 12.7 Å². The van der Waals surface area contributed by atoms with Crippen molar-refractivity contribution in [2.24, 2.45) is 7.05 Å². The Labute approximate surface area is 168 Å². The molecule has 3 aromatic rings. The lowest BCUT2D eigenvalue weighted by molar-refractivity contribution is 0.0977. The summed E-state index contributed by atoms with van der Waals surface area (Å²) in [5.41, 5.74) is 1.57. The van der Waals surface area contributed by atoms with Gasteiger partial charge in [-0.1, -0.05) is 17.4 Å². The van der Waals surface area contributed by atoms with Crippen LogP contribution in [0.3, 0.4) is 0 Å². The maximum absolute atomic E-state index is 14.0. The first-order valence-corrected chi connectivity index (χ1v) is 9.20. The largest absolute Gasteiger partial charge is 0.309 e. The number of para-hydroxylation sites is 1. The second-order valence-corrected chi connectivity index (χ2v) is 7.50. The summed E-state index contributed by atoms with van der Waals surface area (Å²) < 4.78 is 16.3. The molecule has 9 heteroatoms. The van der Waals surface area contributed by atoms with Crippen LogP contribution in [0.2, 0.25) is 0 Å². The minimum Gasteiger partial charge on any atom is -0.309 e. The minimum atomic E-state index is -0.373. The molecule has 2 heterocycles. The van der Waals surface area contributed by atoms with E-state index in [-0.39, 0.29) is 24.1 Å². The standard InChI is InChI=1S/C18H22FN5OS.ClH/c1-12-11-14(23(4)21-12)17(25)24(10-6-9-22(2)3)18-20-16-13(19)7-5-8-15(16)26-18;/h5,7-8,11H,6,9-10H2,1-4H3;1H. The number of benzene rings is 1. The molecule has 0 saturated carbocycles. The van der Waals surface area contributed by atoms with Gasteiger partial charge in [-0.3, -0.25) is 14.4 Å². The first-order chi connectivity index (χ1) is 12.4. The Morgan fingerprint density at radius 2 is 2.04 bits per heavy atom. The Balaban J connectivity index is 0.00000261. The van der Waals surface area contributed by atoms with Crippen molar-refractivity contribution >= 4 is 45.0 Å². The Hall–Kier alpha value is -2.03. The number of hydrogen-bond acceptors (Lipinski definition) is 5. The predicted molar refractivity (Wildman–Crippen MR) is 110 cm³/mol. The molecule has 6 nitrogen and oxygen atoms in total. The molecule has 0 aliphatic heterocycles. The summed E-state index contributed by atoms with van der Waals surface area (Å²) in [4.78, 5) is 21.2. The third kappa shape index (κ3) is 4.63. The summed E-state index contributed by atoms with van der Waals surface area (Å²) in [6.45, 7) is 3.19. The van der Waals surface area contributed by atoms with Gasteiger partial charge in [0.25, 0.3) is 5.91 Å². The number of carbonyl (C=O) groups excluding carboxylic acids is 1. The lowest BCUT2D eigenvalue weighted by Crippen LogP contribution is -2.34. The molecule has 0 bridgehead atoms. The zero-order chi connectivity index (χ0) is 18.8. The van der Waals surface area contributed by atoms with Gasteiger partial charge < -0.3 is 4.90 Å². The van der Waals surface area contributed by atoms with E-state index in [2.05, 4.69) is 15.0 Å². The number of amides is 1. The lowest BCUT2D eigenvalue weighted by Gasteiger charge is -2.20. The molecule has 0 saturated heterocycles. The van der Waals surface area contributed by atoms with Crippen LogP contribution in [0.5, 0.6) is 0 Å². The van der Waals surface area contributed by atoms with Crippen molar-refractivity contribution in [3.8, 4) is 0 Å². The fourth-order valence-corrected chi connectivity index (χ4v) is 3.80. The van der Waals surface area contributed by atoms with E-state index in [1.807, 2.05) is 27.1 Å². The monoisotopic (exact) mass is 411 g/mol. The summed E-state index contributed by atoms with van der Waals surface area (Å²) in [6, 6.07) is 6.61. The van der Waals surface area contributed by atoms with Crippen LogP contribution < -0.4 is 4.90 Å². The molecule has 0 radical (unpaired) electrons. The predicted octanol–water partition coefficient (Wildman–Crippen LogP) is 3.50. The first-order valence-electron chi connectivity index (χ1n) is 8.39. The van der Waals surface area contributed by atoms with Gasteiger partial charge in [-0.05, 0) is 52.2 Å². The molecule has 0 fully saturated rings. The zero-order valence-corrected chi connectivity index (χ0v) is 17.4. The van der Waals surface area contributed by atoms with E-state index in [9.17, 15) is 9.18 Å². The van der Waals surface area contributed by atoms with Gasteiger partial charge >= 0.3 is 0 Å². The smallest absolute Gasteiger partial charge is 0.278 e. The number of aromatic nitrogens is 3. The maximum Gasteiger partial charge on any atom is 0.278 e. The fourth-order valence-electron chi connectivity index (χ4n) is 2.80. The van der Waals surface area contributed by atoms with Crippen molar-refractivity contribution in [2.75, 3.05) is 32.1 Å². The number of nitrogens with zero attached hydrogens (tertiary/aromatic N) is 5. The van der Waals surface area contributed by atoms with Crippen LogP contribution in [0.15, 0.2) is 24.3 Å². The molecule has 0 N–H and O–H groups in total. The normalized spacial score (nSPS) is 11.0. The molecule has 0 aliphatic carbocycles. The average Bonchev–Trinajstić information content (AvgIpc) is 3.14. The topological polar surface area (TPSA) is 54.3 Å². The molecule has 0 unspecified atom stereocenters. The molecule has 2 aromatic heterocycles. The minimum absolute atomic E-state index is 0. The molecule has 1 amide bonds. The van der Waals surface area contributed by atoms with Crippen LogP contribution in [0.1, 0.15) is 22.6 Å². The molecule has 0 spiro atoms. The van der Waals surface area contributed by atoms with Crippen LogP contribution >= 0.6 is 23.7 Å².